The number of amides is 1. The van der Waals surface area contributed by atoms with E-state index in [1.807, 2.05) is 0 Å². The number of nitrogens with two attached hydrogens (primary N) is 1. The Morgan fingerprint density at radius 3 is 2.86 bits per heavy atom. The van der Waals surface area contributed by atoms with E-state index in [1.165, 1.54) is 4.88 Å². The smallest absolute Gasteiger partial charge is 0.250 e. The molecule has 0 spiro atoms. The zero-order valence-corrected chi connectivity index (χ0v) is 13.9. The maximum absolute atomic E-state index is 12.4. The van der Waals surface area contributed by atoms with E-state index in [0.29, 0.717) is 15.7 Å². The number of halogens is 1. The summed E-state index contributed by atoms with van der Waals surface area (Å²) in [6.07, 6.45) is 4.82. The van der Waals surface area contributed by atoms with Crippen LogP contribution in [0.4, 0.5) is 0 Å². The molecule has 0 fully saturated rings. The lowest BCUT2D eigenvalue weighted by Gasteiger charge is -2.02. The molecule has 0 aliphatic heterocycles. The normalized spacial score (nSPS) is 13.4. The van der Waals surface area contributed by atoms with Crippen LogP contribution in [0.5, 0.6) is 0 Å². The predicted molar refractivity (Wildman–Crippen MR) is 83.8 cm³/mol. The van der Waals surface area contributed by atoms with Crippen molar-refractivity contribution in [2.24, 2.45) is 12.8 Å². The second kappa shape index (κ2) is 5.38. The summed E-state index contributed by atoms with van der Waals surface area (Å²) in [5, 5.41) is 4.15. The second-order valence-corrected chi connectivity index (χ2v) is 7.16. The van der Waals surface area contributed by atoms with Gasteiger partial charge in [-0.2, -0.15) is 5.10 Å². The van der Waals surface area contributed by atoms with E-state index < -0.39 is 5.91 Å². The van der Waals surface area contributed by atoms with E-state index in [9.17, 15) is 9.59 Å². The molecule has 0 aromatic carbocycles. The highest BCUT2D eigenvalue weighted by Gasteiger charge is 2.27. The number of aromatic nitrogens is 2. The van der Waals surface area contributed by atoms with Crippen molar-refractivity contribution < 1.29 is 9.59 Å². The van der Waals surface area contributed by atoms with E-state index in [0.717, 1.165) is 29.7 Å². The second-order valence-electron chi connectivity index (χ2n) is 5.12. The molecule has 7 heteroatoms. The number of thiophene rings is 1. The van der Waals surface area contributed by atoms with Crippen LogP contribution in [0, 0.1) is 0 Å². The maximum Gasteiger partial charge on any atom is 0.250 e. The highest BCUT2D eigenvalue weighted by atomic mass is 79.9. The number of hydrogen-bond acceptors (Lipinski definition) is 4. The first-order valence-electron chi connectivity index (χ1n) is 6.63. The first-order chi connectivity index (χ1) is 9.97. The summed E-state index contributed by atoms with van der Waals surface area (Å²) in [6, 6.07) is 0. The van der Waals surface area contributed by atoms with E-state index in [-0.39, 0.29) is 12.2 Å². The number of nitrogens with zero attached hydrogens (tertiary/aromatic N) is 2. The van der Waals surface area contributed by atoms with Gasteiger partial charge in [0.15, 0.2) is 5.78 Å². The van der Waals surface area contributed by atoms with Crippen molar-refractivity contribution in [2.75, 3.05) is 0 Å². The average Bonchev–Trinajstić information content (AvgIpc) is 3.02. The molecule has 0 bridgehead atoms. The lowest BCUT2D eigenvalue weighted by molar-refractivity contribution is 0.0987. The Balaban J connectivity index is 1.94. The summed E-state index contributed by atoms with van der Waals surface area (Å²) in [4.78, 5) is 26.1. The van der Waals surface area contributed by atoms with Gasteiger partial charge < -0.3 is 5.73 Å². The van der Waals surface area contributed by atoms with Gasteiger partial charge in [-0.05, 0) is 40.8 Å². The van der Waals surface area contributed by atoms with E-state index in [4.69, 9.17) is 5.73 Å². The Bertz CT molecular complexity index is 748. The lowest BCUT2D eigenvalue weighted by atomic mass is 10.0. The fraction of sp³-hybridized carbons (Fsp3) is 0.357. The first kappa shape index (κ1) is 14.5. The topological polar surface area (TPSA) is 78.0 Å². The number of hydrogen-bond donors (Lipinski definition) is 1. The molecule has 2 aromatic heterocycles. The van der Waals surface area contributed by atoms with Crippen molar-refractivity contribution in [2.45, 2.75) is 25.7 Å². The van der Waals surface area contributed by atoms with Crippen LogP contribution in [0.3, 0.4) is 0 Å². The highest BCUT2D eigenvalue weighted by Crippen LogP contribution is 2.36. The molecule has 0 atom stereocenters. The average molecular weight is 368 g/mol. The number of carbonyl (C=O) groups excluding carboxylic acids is 2. The molecule has 21 heavy (non-hydrogen) atoms. The van der Waals surface area contributed by atoms with Crippen LogP contribution < -0.4 is 5.73 Å². The van der Waals surface area contributed by atoms with Crippen molar-refractivity contribution in [1.82, 2.24) is 9.78 Å². The Kier molecular flexibility index (Phi) is 3.71. The van der Waals surface area contributed by atoms with Crippen LogP contribution in [0.1, 0.15) is 42.6 Å². The Morgan fingerprint density at radius 1 is 1.48 bits per heavy atom. The molecule has 2 aromatic rings. The van der Waals surface area contributed by atoms with Crippen molar-refractivity contribution in [3.8, 4) is 0 Å². The fourth-order valence-corrected chi connectivity index (χ4v) is 4.75. The number of rotatable bonds is 4. The van der Waals surface area contributed by atoms with Gasteiger partial charge in [0, 0.05) is 29.4 Å². The number of ketones is 1. The van der Waals surface area contributed by atoms with Crippen LogP contribution in [0.2, 0.25) is 0 Å². The quantitative estimate of drug-likeness (QED) is 0.841. The molecule has 3 rings (SSSR count). The number of primary amides is 1. The third kappa shape index (κ3) is 2.55. The monoisotopic (exact) mass is 367 g/mol. The zero-order valence-electron chi connectivity index (χ0n) is 11.5. The SMILES string of the molecule is Cn1cc(Br)c(C(=O)Cc2sc3c(c2C(N)=O)CCC3)n1. The molecule has 0 saturated carbocycles. The maximum atomic E-state index is 12.4. The van der Waals surface area contributed by atoms with Gasteiger partial charge in [0.2, 0.25) is 5.91 Å². The predicted octanol–water partition coefficient (Wildman–Crippen LogP) is 2.26. The minimum absolute atomic E-state index is 0.107. The van der Waals surface area contributed by atoms with Gasteiger partial charge >= 0.3 is 0 Å². The van der Waals surface area contributed by atoms with Crippen molar-refractivity contribution in [1.29, 1.82) is 0 Å². The van der Waals surface area contributed by atoms with Crippen LogP contribution in [0.25, 0.3) is 0 Å². The zero-order chi connectivity index (χ0) is 15.1. The third-order valence-corrected chi connectivity index (χ3v) is 5.48. The summed E-state index contributed by atoms with van der Waals surface area (Å²) in [5.41, 5.74) is 7.51. The Hall–Kier alpha value is -1.47. The summed E-state index contributed by atoms with van der Waals surface area (Å²) in [5.74, 6) is -0.540. The molecule has 2 N–H and O–H groups in total. The molecular formula is C14H14BrN3O2S. The van der Waals surface area contributed by atoms with Crippen molar-refractivity contribution in [3.05, 3.63) is 37.2 Å². The number of fused-ring (bicyclic) bond motifs is 1. The largest absolute Gasteiger partial charge is 0.366 e. The summed E-state index contributed by atoms with van der Waals surface area (Å²) < 4.78 is 2.25. The van der Waals surface area contributed by atoms with Crippen LogP contribution in [-0.4, -0.2) is 21.5 Å². The minimum Gasteiger partial charge on any atom is -0.366 e. The summed E-state index contributed by atoms with van der Waals surface area (Å²) >= 11 is 4.87. The molecule has 1 aliphatic carbocycles. The lowest BCUT2D eigenvalue weighted by Crippen LogP contribution is -2.16. The van der Waals surface area contributed by atoms with Gasteiger partial charge in [0.05, 0.1) is 10.0 Å². The molecule has 2 heterocycles. The van der Waals surface area contributed by atoms with Gasteiger partial charge in [-0.1, -0.05) is 0 Å². The van der Waals surface area contributed by atoms with E-state index >= 15 is 0 Å². The molecule has 0 saturated heterocycles. The van der Waals surface area contributed by atoms with Crippen LogP contribution >= 0.6 is 27.3 Å². The third-order valence-electron chi connectivity index (χ3n) is 3.61. The Morgan fingerprint density at radius 2 is 2.24 bits per heavy atom. The van der Waals surface area contributed by atoms with Crippen molar-refractivity contribution >= 4 is 39.0 Å². The van der Waals surface area contributed by atoms with Crippen LogP contribution in [0.15, 0.2) is 10.7 Å². The van der Waals surface area contributed by atoms with Gasteiger partial charge in [-0.25, -0.2) is 0 Å². The van der Waals surface area contributed by atoms with Crippen molar-refractivity contribution in [3.63, 3.8) is 0 Å². The minimum atomic E-state index is -0.433. The van der Waals surface area contributed by atoms with Gasteiger partial charge in [-0.3, -0.25) is 14.3 Å². The number of Topliss-reactive ketones (excluding diaryl/α,β-unsaturated/α-hetero) is 1. The summed E-state index contributed by atoms with van der Waals surface area (Å²) in [6.45, 7) is 0. The molecule has 1 aliphatic rings. The molecule has 1 amide bonds. The molecule has 0 radical (unpaired) electrons. The van der Waals surface area contributed by atoms with Crippen LogP contribution in [-0.2, 0) is 26.3 Å². The fourth-order valence-electron chi connectivity index (χ4n) is 2.75. The molecule has 5 nitrogen and oxygen atoms in total. The van der Waals surface area contributed by atoms with E-state index in [2.05, 4.69) is 21.0 Å². The molecular weight excluding hydrogens is 354 g/mol. The summed E-state index contributed by atoms with van der Waals surface area (Å²) in [7, 11) is 1.76. The van der Waals surface area contributed by atoms with Gasteiger partial charge in [0.25, 0.3) is 0 Å². The Labute approximate surface area is 134 Å². The molecule has 110 valence electrons. The molecule has 0 unspecified atom stereocenters. The van der Waals surface area contributed by atoms with E-state index in [1.54, 1.807) is 29.3 Å². The highest BCUT2D eigenvalue weighted by molar-refractivity contribution is 9.10. The number of carbonyl (C=O) groups is 2. The van der Waals surface area contributed by atoms with Gasteiger partial charge in [0.1, 0.15) is 5.69 Å². The first-order valence-corrected chi connectivity index (χ1v) is 8.24. The van der Waals surface area contributed by atoms with Gasteiger partial charge in [-0.15, -0.1) is 11.3 Å². The number of aryl methyl sites for hydroxylation is 2. The standard InChI is InChI=1S/C14H14BrN3O2S/c1-18-6-8(15)13(17-18)9(19)5-11-12(14(16)20)7-3-2-4-10(7)21-11/h6H,2-5H2,1H3,(H2,16,20).